The third-order valence-electron chi connectivity index (χ3n) is 4.77. The minimum absolute atomic E-state index is 0.0740. The predicted octanol–water partition coefficient (Wildman–Crippen LogP) is 0.190. The molecule has 3 aliphatic rings. The standard InChI is InChI=1S/C16H13NO6/c18-7-16-6-5-10(23-16)11-12(16)14(20)17(13(11)19)9-3-1-8(2-4-9)15(21)22/h1-6,10-12,18H,7H2,(H,21,22)/t10-,11-,12+,16+/m0/s1. The molecular formula is C16H13NO6. The number of hydrogen-bond donors (Lipinski definition) is 2. The van der Waals surface area contributed by atoms with Crippen LogP contribution in [0.4, 0.5) is 5.69 Å². The smallest absolute Gasteiger partial charge is 0.335 e. The first kappa shape index (κ1) is 14.1. The Morgan fingerprint density at radius 3 is 2.52 bits per heavy atom. The Balaban J connectivity index is 1.72. The van der Waals surface area contributed by atoms with Gasteiger partial charge in [0, 0.05) is 0 Å². The number of ether oxygens (including phenoxy) is 1. The Labute approximate surface area is 130 Å². The monoisotopic (exact) mass is 315 g/mol. The van der Waals surface area contributed by atoms with Crippen molar-refractivity contribution in [2.75, 3.05) is 11.5 Å². The normalized spacial score (nSPS) is 34.3. The Hall–Kier alpha value is -2.51. The number of carboxylic acids is 1. The molecule has 1 aromatic rings. The molecule has 7 heteroatoms. The third-order valence-corrected chi connectivity index (χ3v) is 4.77. The largest absolute Gasteiger partial charge is 0.478 e. The first-order valence-electron chi connectivity index (χ1n) is 7.18. The van der Waals surface area contributed by atoms with Crippen LogP contribution >= 0.6 is 0 Å². The molecule has 4 rings (SSSR count). The Morgan fingerprint density at radius 1 is 1.22 bits per heavy atom. The highest BCUT2D eigenvalue weighted by molar-refractivity contribution is 6.23. The van der Waals surface area contributed by atoms with E-state index in [0.717, 1.165) is 4.90 Å². The summed E-state index contributed by atoms with van der Waals surface area (Å²) >= 11 is 0. The lowest BCUT2D eigenvalue weighted by atomic mass is 9.77. The SMILES string of the molecule is O=C(O)c1ccc(N2C(=O)[C@H]3[C@@H]4C=C[C@](CO)(O4)[C@H]3C2=O)cc1. The van der Waals surface area contributed by atoms with E-state index in [-0.39, 0.29) is 18.1 Å². The van der Waals surface area contributed by atoms with Gasteiger partial charge in [-0.1, -0.05) is 12.2 Å². The Morgan fingerprint density at radius 2 is 1.91 bits per heavy atom. The van der Waals surface area contributed by atoms with Gasteiger partial charge in [0.2, 0.25) is 11.8 Å². The van der Waals surface area contributed by atoms with Crippen molar-refractivity contribution in [2.45, 2.75) is 11.7 Å². The highest BCUT2D eigenvalue weighted by Crippen LogP contribution is 2.52. The van der Waals surface area contributed by atoms with E-state index in [2.05, 4.69) is 0 Å². The van der Waals surface area contributed by atoms with E-state index in [9.17, 15) is 19.5 Å². The van der Waals surface area contributed by atoms with Gasteiger partial charge in [0.1, 0.15) is 5.60 Å². The average Bonchev–Trinajstić information content (AvgIpc) is 3.19. The third kappa shape index (κ3) is 1.68. The van der Waals surface area contributed by atoms with Crippen molar-refractivity contribution in [1.82, 2.24) is 0 Å². The van der Waals surface area contributed by atoms with E-state index in [1.165, 1.54) is 24.3 Å². The van der Waals surface area contributed by atoms with Crippen molar-refractivity contribution >= 4 is 23.5 Å². The maximum absolute atomic E-state index is 12.7. The molecule has 0 unspecified atom stereocenters. The van der Waals surface area contributed by atoms with Crippen LogP contribution in [0.5, 0.6) is 0 Å². The highest BCUT2D eigenvalue weighted by Gasteiger charge is 2.67. The Kier molecular flexibility index (Phi) is 2.76. The lowest BCUT2D eigenvalue weighted by molar-refractivity contribution is -0.128. The quantitative estimate of drug-likeness (QED) is 0.609. The topological polar surface area (TPSA) is 104 Å². The number of nitrogens with zero attached hydrogens (tertiary/aromatic N) is 1. The summed E-state index contributed by atoms with van der Waals surface area (Å²) in [6, 6.07) is 5.55. The second-order valence-corrected chi connectivity index (χ2v) is 5.92. The van der Waals surface area contributed by atoms with Gasteiger partial charge >= 0.3 is 5.97 Å². The number of carboxylic acid groups (broad SMARTS) is 1. The van der Waals surface area contributed by atoms with E-state index in [1.807, 2.05) is 0 Å². The summed E-state index contributed by atoms with van der Waals surface area (Å²) in [7, 11) is 0. The van der Waals surface area contributed by atoms with E-state index < -0.39 is 35.4 Å². The summed E-state index contributed by atoms with van der Waals surface area (Å²) in [6.07, 6.45) is 2.85. The van der Waals surface area contributed by atoms with Crippen LogP contribution in [-0.4, -0.2) is 46.3 Å². The van der Waals surface area contributed by atoms with Crippen molar-refractivity contribution in [2.24, 2.45) is 11.8 Å². The molecule has 7 nitrogen and oxygen atoms in total. The molecule has 23 heavy (non-hydrogen) atoms. The molecule has 0 aliphatic carbocycles. The van der Waals surface area contributed by atoms with Gasteiger partial charge in [0.25, 0.3) is 0 Å². The second-order valence-electron chi connectivity index (χ2n) is 5.92. The minimum atomic E-state index is -1.13. The van der Waals surface area contributed by atoms with Crippen LogP contribution in [0.15, 0.2) is 36.4 Å². The number of aliphatic hydroxyl groups excluding tert-OH is 1. The molecule has 0 radical (unpaired) electrons. The van der Waals surface area contributed by atoms with Crippen LogP contribution in [0, 0.1) is 11.8 Å². The van der Waals surface area contributed by atoms with Gasteiger partial charge in [0.05, 0.1) is 35.8 Å². The van der Waals surface area contributed by atoms with E-state index in [4.69, 9.17) is 9.84 Å². The summed E-state index contributed by atoms with van der Waals surface area (Å²) in [6.45, 7) is -0.369. The van der Waals surface area contributed by atoms with Gasteiger partial charge in [-0.05, 0) is 24.3 Å². The fourth-order valence-electron chi connectivity index (χ4n) is 3.69. The zero-order valence-corrected chi connectivity index (χ0v) is 11.9. The average molecular weight is 315 g/mol. The molecule has 3 heterocycles. The first-order chi connectivity index (χ1) is 11.0. The summed E-state index contributed by atoms with van der Waals surface area (Å²) in [4.78, 5) is 37.4. The van der Waals surface area contributed by atoms with Crippen LogP contribution in [0.2, 0.25) is 0 Å². The number of carbonyl (C=O) groups is 3. The van der Waals surface area contributed by atoms with Crippen LogP contribution in [0.25, 0.3) is 0 Å². The molecule has 2 bridgehead atoms. The highest BCUT2D eigenvalue weighted by atomic mass is 16.5. The van der Waals surface area contributed by atoms with Gasteiger partial charge in [-0.25, -0.2) is 9.69 Å². The van der Waals surface area contributed by atoms with Gasteiger partial charge in [-0.15, -0.1) is 0 Å². The lowest BCUT2D eigenvalue weighted by Crippen LogP contribution is -2.43. The van der Waals surface area contributed by atoms with Crippen molar-refractivity contribution in [3.05, 3.63) is 42.0 Å². The van der Waals surface area contributed by atoms with Gasteiger partial charge < -0.3 is 14.9 Å². The number of aromatic carboxylic acids is 1. The first-order valence-corrected chi connectivity index (χ1v) is 7.18. The summed E-state index contributed by atoms with van der Waals surface area (Å²) in [5.74, 6) is -3.27. The number of hydrogen-bond acceptors (Lipinski definition) is 5. The fraction of sp³-hybridized carbons (Fsp3) is 0.312. The van der Waals surface area contributed by atoms with Crippen molar-refractivity contribution < 1.29 is 29.3 Å². The summed E-state index contributed by atoms with van der Waals surface area (Å²) in [5.41, 5.74) is -0.727. The number of anilines is 1. The molecule has 0 saturated carbocycles. The van der Waals surface area contributed by atoms with Crippen LogP contribution in [-0.2, 0) is 14.3 Å². The number of rotatable bonds is 3. The number of carbonyl (C=O) groups excluding carboxylic acids is 2. The van der Waals surface area contributed by atoms with E-state index >= 15 is 0 Å². The summed E-state index contributed by atoms with van der Waals surface area (Å²) < 4.78 is 5.64. The van der Waals surface area contributed by atoms with Crippen molar-refractivity contribution in [3.63, 3.8) is 0 Å². The number of amides is 2. The van der Waals surface area contributed by atoms with Crippen LogP contribution in [0.3, 0.4) is 0 Å². The molecule has 3 aliphatic heterocycles. The molecular weight excluding hydrogens is 302 g/mol. The zero-order chi connectivity index (χ0) is 16.4. The molecule has 0 aromatic heterocycles. The molecule has 2 fully saturated rings. The van der Waals surface area contributed by atoms with Crippen LogP contribution in [0.1, 0.15) is 10.4 Å². The number of imide groups is 1. The Bertz CT molecular complexity index is 754. The van der Waals surface area contributed by atoms with Crippen LogP contribution < -0.4 is 4.90 Å². The zero-order valence-electron chi connectivity index (χ0n) is 11.9. The predicted molar refractivity (Wildman–Crippen MR) is 76.7 cm³/mol. The molecule has 118 valence electrons. The summed E-state index contributed by atoms with van der Waals surface area (Å²) in [5, 5.41) is 18.5. The second kappa shape index (κ2) is 4.50. The van der Waals surface area contributed by atoms with E-state index in [0.29, 0.717) is 5.69 Å². The molecule has 0 spiro atoms. The van der Waals surface area contributed by atoms with Gasteiger partial charge in [-0.2, -0.15) is 0 Å². The van der Waals surface area contributed by atoms with E-state index in [1.54, 1.807) is 12.2 Å². The minimum Gasteiger partial charge on any atom is -0.478 e. The molecule has 4 atom stereocenters. The molecule has 2 saturated heterocycles. The lowest BCUT2D eigenvalue weighted by Gasteiger charge is -2.26. The number of fused-ring (bicyclic) bond motifs is 5. The van der Waals surface area contributed by atoms with Gasteiger partial charge in [0.15, 0.2) is 0 Å². The molecule has 1 aromatic carbocycles. The number of aliphatic hydroxyl groups is 1. The van der Waals surface area contributed by atoms with Crippen molar-refractivity contribution in [3.8, 4) is 0 Å². The van der Waals surface area contributed by atoms with Gasteiger partial charge in [-0.3, -0.25) is 9.59 Å². The fourth-order valence-corrected chi connectivity index (χ4v) is 3.69. The molecule has 2 amide bonds. The maximum Gasteiger partial charge on any atom is 0.335 e. The maximum atomic E-state index is 12.7. The number of benzene rings is 1. The van der Waals surface area contributed by atoms with Crippen molar-refractivity contribution in [1.29, 1.82) is 0 Å². The molecule has 2 N–H and O–H groups in total.